The van der Waals surface area contributed by atoms with Crippen LogP contribution in [-0.2, 0) is 0 Å². The lowest BCUT2D eigenvalue weighted by Crippen LogP contribution is -1.97. The van der Waals surface area contributed by atoms with Crippen LogP contribution in [0.4, 0.5) is 11.4 Å². The Kier molecular flexibility index (Phi) is 9.11. The van der Waals surface area contributed by atoms with Crippen LogP contribution in [0.2, 0.25) is 0 Å². The van der Waals surface area contributed by atoms with Crippen molar-refractivity contribution < 1.29 is 9.84 Å². The molecule has 1 N–H and O–H groups in total. The van der Waals surface area contributed by atoms with Crippen molar-refractivity contribution in [1.82, 2.24) is 0 Å². The van der Waals surface area contributed by atoms with Gasteiger partial charge in [-0.25, -0.2) is 9.69 Å². The van der Waals surface area contributed by atoms with Gasteiger partial charge in [-0.05, 0) is 52.9 Å². The van der Waals surface area contributed by atoms with E-state index in [1.807, 2.05) is 72.8 Å². The molecule has 0 aromatic heterocycles. The van der Waals surface area contributed by atoms with E-state index in [1.54, 1.807) is 24.3 Å². The van der Waals surface area contributed by atoms with Gasteiger partial charge < -0.3 is 9.84 Å². The molecule has 0 spiro atoms. The molecule has 0 heterocycles. The molecule has 0 aliphatic rings. The highest BCUT2D eigenvalue weighted by Gasteiger charge is 2.00. The van der Waals surface area contributed by atoms with Crippen molar-refractivity contribution in [3.05, 3.63) is 120 Å². The van der Waals surface area contributed by atoms with Gasteiger partial charge >= 0.3 is 0 Å². The number of nitrogens with zero attached hydrogens (tertiary/aromatic N) is 2. The molecule has 0 fully saturated rings. The van der Waals surface area contributed by atoms with E-state index in [0.717, 1.165) is 34.4 Å². The molecule has 0 radical (unpaired) electrons. The number of hydrogen-bond donors (Lipinski definition) is 1. The lowest BCUT2D eigenvalue weighted by Gasteiger charge is -2.06. The molecule has 0 bridgehead atoms. The number of hydrogen-bond acceptors (Lipinski definition) is 2. The highest BCUT2D eigenvalue weighted by atomic mass is 35.5. The minimum Gasteiger partial charge on any atom is -0.508 e. The zero-order valence-electron chi connectivity index (χ0n) is 18.5. The third-order valence-corrected chi connectivity index (χ3v) is 5.20. The van der Waals surface area contributed by atoms with Crippen LogP contribution < -0.4 is 4.74 Å². The maximum Gasteiger partial charge on any atom is 0.187 e. The van der Waals surface area contributed by atoms with Crippen LogP contribution >= 0.6 is 11.6 Å². The van der Waals surface area contributed by atoms with Gasteiger partial charge in [0.25, 0.3) is 0 Å². The second-order valence-corrected chi connectivity index (χ2v) is 7.66. The van der Waals surface area contributed by atoms with Gasteiger partial charge in [0.1, 0.15) is 11.5 Å². The minimum atomic E-state index is 0.261. The largest absolute Gasteiger partial charge is 0.508 e. The quantitative estimate of drug-likeness (QED) is 0.175. The van der Waals surface area contributed by atoms with E-state index in [0.29, 0.717) is 23.9 Å². The van der Waals surface area contributed by atoms with Crippen molar-refractivity contribution in [2.24, 2.45) is 0 Å². The molecular formula is C29H23ClN2O2. The summed E-state index contributed by atoms with van der Waals surface area (Å²) in [5.41, 5.74) is 5.58. The fourth-order valence-electron chi connectivity index (χ4n) is 3.10. The van der Waals surface area contributed by atoms with E-state index < -0.39 is 0 Å². The maximum atomic E-state index is 9.15. The molecule has 4 rings (SSSR count). The monoisotopic (exact) mass is 466 g/mol. The Morgan fingerprint density at radius 2 is 1.00 bits per heavy atom. The number of ether oxygens (including phenoxy) is 1. The Labute approximate surface area is 205 Å². The smallest absolute Gasteiger partial charge is 0.187 e. The van der Waals surface area contributed by atoms with Crippen LogP contribution in [0, 0.1) is 13.1 Å². The van der Waals surface area contributed by atoms with Gasteiger partial charge in [0.15, 0.2) is 11.4 Å². The predicted molar refractivity (Wildman–Crippen MR) is 139 cm³/mol. The van der Waals surface area contributed by atoms with Crippen molar-refractivity contribution in [3.63, 3.8) is 0 Å². The Balaban J connectivity index is 0.000000196. The third kappa shape index (κ3) is 7.14. The lowest BCUT2D eigenvalue weighted by molar-refractivity contribution is 0.318. The summed E-state index contributed by atoms with van der Waals surface area (Å²) >= 11 is 5.60. The molecule has 0 atom stereocenters. The van der Waals surface area contributed by atoms with E-state index in [2.05, 4.69) is 9.69 Å². The van der Waals surface area contributed by atoms with Crippen molar-refractivity contribution in [3.8, 4) is 33.8 Å². The van der Waals surface area contributed by atoms with Gasteiger partial charge in [0, 0.05) is 5.88 Å². The molecule has 0 aliphatic carbocycles. The number of phenols is 1. The summed E-state index contributed by atoms with van der Waals surface area (Å²) in [6.45, 7) is 14.4. The number of alkyl halides is 1. The van der Waals surface area contributed by atoms with E-state index in [1.165, 1.54) is 0 Å². The molecule has 5 heteroatoms. The fraction of sp³-hybridized carbons (Fsp3) is 0.103. The van der Waals surface area contributed by atoms with Crippen LogP contribution in [0.25, 0.3) is 31.9 Å². The Morgan fingerprint density at radius 3 is 1.38 bits per heavy atom. The standard InChI is InChI=1S/C16H14ClNO.C13H9NO/c1-18-15-7-3-13(4-8-15)14-5-9-16(10-6-14)19-12-2-11-17;1-14-12-6-2-10(3-7-12)11-4-8-13(15)9-5-11/h3-10H,2,11-12H2;2-9,15H. The molecule has 0 saturated carbocycles. The molecule has 34 heavy (non-hydrogen) atoms. The third-order valence-electron chi connectivity index (χ3n) is 4.93. The highest BCUT2D eigenvalue weighted by molar-refractivity contribution is 6.17. The highest BCUT2D eigenvalue weighted by Crippen LogP contribution is 2.25. The predicted octanol–water partition coefficient (Wildman–Crippen LogP) is 8.52. The number of rotatable bonds is 6. The van der Waals surface area contributed by atoms with Gasteiger partial charge in [-0.2, -0.15) is 0 Å². The van der Waals surface area contributed by atoms with E-state index in [9.17, 15) is 0 Å². The summed E-state index contributed by atoms with van der Waals surface area (Å²) in [4.78, 5) is 6.71. The van der Waals surface area contributed by atoms with Crippen molar-refractivity contribution in [2.45, 2.75) is 6.42 Å². The van der Waals surface area contributed by atoms with Crippen LogP contribution in [0.3, 0.4) is 0 Å². The van der Waals surface area contributed by atoms with Crippen LogP contribution in [0.1, 0.15) is 6.42 Å². The molecule has 0 aliphatic heterocycles. The zero-order chi connectivity index (χ0) is 24.2. The first-order chi connectivity index (χ1) is 16.6. The normalized spacial score (nSPS) is 9.74. The van der Waals surface area contributed by atoms with Gasteiger partial charge in [-0.3, -0.25) is 0 Å². The summed E-state index contributed by atoms with van der Waals surface area (Å²) < 4.78 is 5.55. The van der Waals surface area contributed by atoms with Gasteiger partial charge in [0.2, 0.25) is 0 Å². The molecular weight excluding hydrogens is 444 g/mol. The van der Waals surface area contributed by atoms with Crippen molar-refractivity contribution >= 4 is 23.0 Å². The molecule has 0 amide bonds. The summed E-state index contributed by atoms with van der Waals surface area (Å²) in [5, 5.41) is 9.15. The lowest BCUT2D eigenvalue weighted by atomic mass is 10.1. The summed E-state index contributed by atoms with van der Waals surface area (Å²) in [5.74, 6) is 1.73. The average Bonchev–Trinajstić information content (AvgIpc) is 2.90. The second kappa shape index (κ2) is 12.7. The maximum absolute atomic E-state index is 9.15. The number of benzene rings is 4. The van der Waals surface area contributed by atoms with Crippen LogP contribution in [0.15, 0.2) is 97.1 Å². The van der Waals surface area contributed by atoms with Crippen LogP contribution in [-0.4, -0.2) is 17.6 Å². The summed E-state index contributed by atoms with van der Waals surface area (Å²) in [7, 11) is 0. The van der Waals surface area contributed by atoms with E-state index >= 15 is 0 Å². The SMILES string of the molecule is [C-]#[N+]c1ccc(-c2ccc(O)cc2)cc1.[C-]#[N+]c1ccc(-c2ccc(OCCCCl)cc2)cc1. The van der Waals surface area contributed by atoms with Crippen molar-refractivity contribution in [1.29, 1.82) is 0 Å². The number of aromatic hydroxyl groups is 1. The Hall–Kier alpha value is -4.25. The molecule has 0 saturated heterocycles. The molecule has 168 valence electrons. The molecule has 4 nitrogen and oxygen atoms in total. The second-order valence-electron chi connectivity index (χ2n) is 7.28. The average molecular weight is 467 g/mol. The van der Waals surface area contributed by atoms with E-state index in [4.69, 9.17) is 34.6 Å². The number of phenolic OH excluding ortho intramolecular Hbond substituents is 1. The van der Waals surface area contributed by atoms with Gasteiger partial charge in [0.05, 0.1) is 19.8 Å². The Bertz CT molecular complexity index is 1250. The van der Waals surface area contributed by atoms with Crippen molar-refractivity contribution in [2.75, 3.05) is 12.5 Å². The van der Waals surface area contributed by atoms with Gasteiger partial charge in [-0.1, -0.05) is 72.8 Å². The first-order valence-electron chi connectivity index (χ1n) is 10.7. The van der Waals surface area contributed by atoms with Gasteiger partial charge in [-0.15, -0.1) is 11.6 Å². The van der Waals surface area contributed by atoms with Crippen LogP contribution in [0.5, 0.6) is 11.5 Å². The molecule has 0 unspecified atom stereocenters. The zero-order valence-corrected chi connectivity index (χ0v) is 19.2. The number of halogens is 1. The molecule has 4 aromatic rings. The summed E-state index contributed by atoms with van der Waals surface area (Å²) in [6.07, 6.45) is 0.849. The topological polar surface area (TPSA) is 38.2 Å². The fourth-order valence-corrected chi connectivity index (χ4v) is 3.21. The first-order valence-corrected chi connectivity index (χ1v) is 11.2. The van der Waals surface area contributed by atoms with E-state index in [-0.39, 0.29) is 5.75 Å². The first kappa shape index (κ1) is 24.4. The molecule has 4 aromatic carbocycles. The Morgan fingerprint density at radius 1 is 0.618 bits per heavy atom. The minimum absolute atomic E-state index is 0.261. The summed E-state index contributed by atoms with van der Waals surface area (Å²) in [6, 6.07) is 29.9.